The highest BCUT2D eigenvalue weighted by Crippen LogP contribution is 2.35. The number of nitrogens with one attached hydrogen (secondary N) is 1. The number of hydrogen-bond acceptors (Lipinski definition) is 4. The quantitative estimate of drug-likeness (QED) is 0.813. The summed E-state index contributed by atoms with van der Waals surface area (Å²) in [5, 5.41) is 12.0. The molecule has 0 saturated carbocycles. The number of carboxylic acid groups (broad SMARTS) is 1. The zero-order chi connectivity index (χ0) is 16.6. The van der Waals surface area contributed by atoms with Crippen LogP contribution in [0.2, 0.25) is 0 Å². The second kappa shape index (κ2) is 6.19. The molecule has 1 saturated heterocycles. The van der Waals surface area contributed by atoms with Crippen molar-refractivity contribution in [2.75, 3.05) is 18.5 Å². The molecule has 122 valence electrons. The van der Waals surface area contributed by atoms with E-state index >= 15 is 0 Å². The number of anilines is 1. The van der Waals surface area contributed by atoms with Gasteiger partial charge in [0.1, 0.15) is 11.8 Å². The summed E-state index contributed by atoms with van der Waals surface area (Å²) in [6.45, 7) is 0.306. The summed E-state index contributed by atoms with van der Waals surface area (Å²) in [6.07, 6.45) is 2.03. The molecule has 1 atom stereocenters. The summed E-state index contributed by atoms with van der Waals surface area (Å²) in [5.74, 6) is -1.20. The van der Waals surface area contributed by atoms with E-state index in [-0.39, 0.29) is 18.4 Å². The lowest BCUT2D eigenvalue weighted by molar-refractivity contribution is -0.143. The van der Waals surface area contributed by atoms with E-state index in [0.717, 1.165) is 12.8 Å². The number of piperidine rings is 1. The van der Waals surface area contributed by atoms with Crippen molar-refractivity contribution in [3.63, 3.8) is 0 Å². The van der Waals surface area contributed by atoms with E-state index in [2.05, 4.69) is 21.2 Å². The van der Waals surface area contributed by atoms with Gasteiger partial charge >= 0.3 is 5.97 Å². The molecule has 1 aromatic carbocycles. The van der Waals surface area contributed by atoms with Crippen LogP contribution >= 0.6 is 15.9 Å². The maximum Gasteiger partial charge on any atom is 0.326 e. The van der Waals surface area contributed by atoms with Crippen LogP contribution in [0.25, 0.3) is 0 Å². The monoisotopic (exact) mass is 382 g/mol. The summed E-state index contributed by atoms with van der Waals surface area (Å²) in [7, 11) is 0. The molecule has 2 N–H and O–H groups in total. The molecule has 2 amide bonds. The van der Waals surface area contributed by atoms with E-state index in [0.29, 0.717) is 34.4 Å². The summed E-state index contributed by atoms with van der Waals surface area (Å²) in [4.78, 5) is 36.9. The molecule has 2 aliphatic heterocycles. The highest BCUT2D eigenvalue weighted by Gasteiger charge is 2.34. The Labute approximate surface area is 140 Å². The number of rotatable bonds is 2. The molecule has 1 aromatic rings. The molecule has 0 radical (unpaired) electrons. The minimum absolute atomic E-state index is 0.107. The zero-order valence-corrected chi connectivity index (χ0v) is 13.8. The molecule has 7 nitrogen and oxygen atoms in total. The molecule has 8 heteroatoms. The molecule has 1 fully saturated rings. The van der Waals surface area contributed by atoms with Crippen molar-refractivity contribution in [3.8, 4) is 5.75 Å². The van der Waals surface area contributed by atoms with Gasteiger partial charge in [-0.3, -0.25) is 9.59 Å². The lowest BCUT2D eigenvalue weighted by Gasteiger charge is -2.33. The van der Waals surface area contributed by atoms with Crippen molar-refractivity contribution >= 4 is 39.4 Å². The molecule has 1 unspecified atom stereocenters. The number of carbonyl (C=O) groups excluding carboxylic acids is 2. The van der Waals surface area contributed by atoms with E-state index in [1.54, 1.807) is 6.07 Å². The number of nitrogens with zero attached hydrogens (tertiary/aromatic N) is 1. The van der Waals surface area contributed by atoms with Crippen molar-refractivity contribution in [2.45, 2.75) is 25.3 Å². The van der Waals surface area contributed by atoms with Crippen LogP contribution in [-0.2, 0) is 9.59 Å². The van der Waals surface area contributed by atoms with Gasteiger partial charge in [-0.1, -0.05) is 0 Å². The number of likely N-dealkylation sites (tertiary alicyclic amines) is 1. The van der Waals surface area contributed by atoms with Crippen molar-refractivity contribution in [2.24, 2.45) is 0 Å². The first-order chi connectivity index (χ1) is 11.0. The van der Waals surface area contributed by atoms with Gasteiger partial charge in [0.2, 0.25) is 0 Å². The number of carboxylic acids is 1. The van der Waals surface area contributed by atoms with Gasteiger partial charge in [0.15, 0.2) is 6.61 Å². The Kier molecular flexibility index (Phi) is 4.25. The summed E-state index contributed by atoms with van der Waals surface area (Å²) in [6, 6.07) is 2.33. The average molecular weight is 383 g/mol. The Morgan fingerprint density at radius 1 is 1.35 bits per heavy atom. The fraction of sp³-hybridized carbons (Fsp3) is 0.400. The van der Waals surface area contributed by atoms with Gasteiger partial charge in [-0.05, 0) is 47.3 Å². The van der Waals surface area contributed by atoms with Gasteiger partial charge in [0.05, 0.1) is 11.3 Å². The van der Waals surface area contributed by atoms with Gasteiger partial charge in [-0.25, -0.2) is 4.79 Å². The Bertz CT molecular complexity index is 691. The van der Waals surface area contributed by atoms with Crippen LogP contribution in [0.15, 0.2) is 16.6 Å². The Morgan fingerprint density at radius 3 is 2.87 bits per heavy atom. The third-order valence-electron chi connectivity index (χ3n) is 3.98. The first-order valence-corrected chi connectivity index (χ1v) is 8.06. The maximum absolute atomic E-state index is 12.8. The molecular weight excluding hydrogens is 368 g/mol. The normalized spacial score (nSPS) is 20.3. The van der Waals surface area contributed by atoms with Crippen LogP contribution in [0.1, 0.15) is 29.6 Å². The van der Waals surface area contributed by atoms with Crippen molar-refractivity contribution in [3.05, 3.63) is 22.2 Å². The highest BCUT2D eigenvalue weighted by molar-refractivity contribution is 9.10. The number of amides is 2. The second-order valence-electron chi connectivity index (χ2n) is 5.51. The van der Waals surface area contributed by atoms with Gasteiger partial charge in [0, 0.05) is 11.0 Å². The van der Waals surface area contributed by atoms with Crippen LogP contribution in [0, 0.1) is 0 Å². The maximum atomic E-state index is 12.8. The van der Waals surface area contributed by atoms with E-state index < -0.39 is 12.0 Å². The molecule has 0 spiro atoms. The van der Waals surface area contributed by atoms with E-state index in [1.165, 1.54) is 11.0 Å². The van der Waals surface area contributed by atoms with Crippen molar-refractivity contribution in [1.82, 2.24) is 4.90 Å². The van der Waals surface area contributed by atoms with Crippen LogP contribution in [0.3, 0.4) is 0 Å². The van der Waals surface area contributed by atoms with Crippen LogP contribution in [0.5, 0.6) is 5.75 Å². The fourth-order valence-corrected chi connectivity index (χ4v) is 3.36. The van der Waals surface area contributed by atoms with Gasteiger partial charge in [0.25, 0.3) is 11.8 Å². The number of halogens is 1. The minimum Gasteiger partial charge on any atom is -0.482 e. The largest absolute Gasteiger partial charge is 0.482 e. The van der Waals surface area contributed by atoms with Gasteiger partial charge < -0.3 is 20.1 Å². The molecule has 3 rings (SSSR count). The molecule has 2 aliphatic rings. The SMILES string of the molecule is O=C1COc2cc(C(=O)N3CCCCC3C(=O)O)c(Br)cc2N1. The van der Waals surface area contributed by atoms with Crippen LogP contribution in [-0.4, -0.2) is 47.0 Å². The van der Waals surface area contributed by atoms with E-state index in [4.69, 9.17) is 4.74 Å². The van der Waals surface area contributed by atoms with Crippen molar-refractivity contribution in [1.29, 1.82) is 0 Å². The van der Waals surface area contributed by atoms with Crippen molar-refractivity contribution < 1.29 is 24.2 Å². The molecule has 23 heavy (non-hydrogen) atoms. The number of fused-ring (bicyclic) bond motifs is 1. The second-order valence-corrected chi connectivity index (χ2v) is 6.37. The summed E-state index contributed by atoms with van der Waals surface area (Å²) in [5.41, 5.74) is 0.811. The lowest BCUT2D eigenvalue weighted by atomic mass is 10.0. The van der Waals surface area contributed by atoms with Crippen LogP contribution in [0.4, 0.5) is 5.69 Å². The number of carbonyl (C=O) groups is 3. The average Bonchev–Trinajstić information content (AvgIpc) is 2.53. The standard InChI is InChI=1S/C15H15BrN2O5/c16-9-6-10-12(23-7-13(19)17-10)5-8(9)14(20)18-4-2-1-3-11(18)15(21)22/h5-6,11H,1-4,7H2,(H,17,19)(H,21,22). The molecule has 0 aromatic heterocycles. The molecule has 0 bridgehead atoms. The predicted octanol–water partition coefficient (Wildman–Crippen LogP) is 1.86. The van der Waals surface area contributed by atoms with Gasteiger partial charge in [-0.15, -0.1) is 0 Å². The Morgan fingerprint density at radius 2 is 2.13 bits per heavy atom. The first kappa shape index (κ1) is 15.8. The summed E-state index contributed by atoms with van der Waals surface area (Å²) < 4.78 is 5.81. The van der Waals surface area contributed by atoms with E-state index in [9.17, 15) is 19.5 Å². The predicted molar refractivity (Wildman–Crippen MR) is 84.6 cm³/mol. The number of aliphatic carboxylic acids is 1. The number of benzene rings is 1. The zero-order valence-electron chi connectivity index (χ0n) is 12.2. The number of ether oxygens (including phenoxy) is 1. The van der Waals surface area contributed by atoms with Gasteiger partial charge in [-0.2, -0.15) is 0 Å². The third kappa shape index (κ3) is 3.03. The number of hydrogen-bond donors (Lipinski definition) is 2. The topological polar surface area (TPSA) is 95.9 Å². The smallest absolute Gasteiger partial charge is 0.326 e. The summed E-state index contributed by atoms with van der Waals surface area (Å²) >= 11 is 3.32. The Hall–Kier alpha value is -2.09. The lowest BCUT2D eigenvalue weighted by Crippen LogP contribution is -2.48. The fourth-order valence-electron chi connectivity index (χ4n) is 2.85. The van der Waals surface area contributed by atoms with Crippen LogP contribution < -0.4 is 10.1 Å². The van der Waals surface area contributed by atoms with E-state index in [1.807, 2.05) is 0 Å². The molecule has 0 aliphatic carbocycles. The molecule has 2 heterocycles. The molecular formula is C15H15BrN2O5. The first-order valence-electron chi connectivity index (χ1n) is 7.27. The highest BCUT2D eigenvalue weighted by atomic mass is 79.9. The minimum atomic E-state index is -0.990. The third-order valence-corrected chi connectivity index (χ3v) is 4.64. The Balaban J connectivity index is 1.93.